The minimum Gasteiger partial charge on any atom is -0.497 e. The van der Waals surface area contributed by atoms with E-state index in [0.717, 1.165) is 53.2 Å². The van der Waals surface area contributed by atoms with Crippen molar-refractivity contribution < 1.29 is 19.2 Å². The summed E-state index contributed by atoms with van der Waals surface area (Å²) in [6.45, 7) is 2.57. The number of hydrogen-bond donors (Lipinski definition) is 3. The van der Waals surface area contributed by atoms with E-state index in [2.05, 4.69) is 10.6 Å². The van der Waals surface area contributed by atoms with Crippen molar-refractivity contribution >= 4 is 11.9 Å². The van der Waals surface area contributed by atoms with Gasteiger partial charge in [-0.2, -0.15) is 0 Å². The summed E-state index contributed by atoms with van der Waals surface area (Å²) in [5, 5.41) is 5.83. The van der Waals surface area contributed by atoms with Gasteiger partial charge in [-0.15, -0.1) is 0 Å². The van der Waals surface area contributed by atoms with Gasteiger partial charge in [0.2, 0.25) is 0 Å². The second kappa shape index (κ2) is 7.98. The van der Waals surface area contributed by atoms with Gasteiger partial charge in [-0.1, -0.05) is 0 Å². The van der Waals surface area contributed by atoms with Crippen LogP contribution in [0.25, 0.3) is 0 Å². The van der Waals surface area contributed by atoms with Crippen molar-refractivity contribution in [3.63, 3.8) is 0 Å². The summed E-state index contributed by atoms with van der Waals surface area (Å²) in [6, 6.07) is 7.22. The predicted molar refractivity (Wildman–Crippen MR) is 111 cm³/mol. The van der Waals surface area contributed by atoms with E-state index in [1.165, 1.54) is 19.3 Å². The summed E-state index contributed by atoms with van der Waals surface area (Å²) in [5.41, 5.74) is 1.05. The van der Waals surface area contributed by atoms with E-state index >= 15 is 0 Å². The quantitative estimate of drug-likeness (QED) is 0.683. The summed E-state index contributed by atoms with van der Waals surface area (Å²) in [5.74, 6) is 2.88. The Kier molecular flexibility index (Phi) is 5.56. The number of benzene rings is 1. The van der Waals surface area contributed by atoms with Gasteiger partial charge >= 0.3 is 6.03 Å². The molecule has 1 aromatic carbocycles. The van der Waals surface area contributed by atoms with Crippen molar-refractivity contribution in [1.29, 1.82) is 0 Å². The van der Waals surface area contributed by atoms with Crippen LogP contribution >= 0.6 is 0 Å². The Bertz CT molecular complexity index is 726. The van der Waals surface area contributed by atoms with Crippen molar-refractivity contribution in [2.75, 3.05) is 14.2 Å². The first-order valence-corrected chi connectivity index (χ1v) is 10.9. The number of ether oxygens (including phenoxy) is 1. The fourth-order valence-electron chi connectivity index (χ4n) is 6.20. The summed E-state index contributed by atoms with van der Waals surface area (Å²) in [6.07, 6.45) is 7.24. The molecule has 0 radical (unpaired) electrons. The maximum absolute atomic E-state index is 12.7. The minimum absolute atomic E-state index is 0.0792. The third-order valence-corrected chi connectivity index (χ3v) is 7.43. The molecule has 0 saturated heterocycles. The van der Waals surface area contributed by atoms with Crippen LogP contribution in [-0.2, 0) is 11.3 Å². The van der Waals surface area contributed by atoms with Crippen LogP contribution in [0.2, 0.25) is 0 Å². The number of imide groups is 1. The third kappa shape index (κ3) is 4.42. The second-order valence-electron chi connectivity index (χ2n) is 9.73. The van der Waals surface area contributed by atoms with Crippen LogP contribution in [0.15, 0.2) is 24.3 Å². The molecule has 3 amide bonds. The predicted octanol–water partition coefficient (Wildman–Crippen LogP) is 1.89. The van der Waals surface area contributed by atoms with Gasteiger partial charge in [0.25, 0.3) is 5.91 Å². The molecule has 29 heavy (non-hydrogen) atoms. The lowest BCUT2D eigenvalue weighted by Crippen LogP contribution is -3.12. The molecule has 4 bridgehead atoms. The largest absolute Gasteiger partial charge is 0.497 e. The van der Waals surface area contributed by atoms with E-state index < -0.39 is 0 Å². The number of urea groups is 1. The molecule has 6 heteroatoms. The molecule has 4 saturated carbocycles. The molecule has 1 unspecified atom stereocenters. The van der Waals surface area contributed by atoms with Gasteiger partial charge in [0.15, 0.2) is 6.04 Å². The Hall–Kier alpha value is -2.08. The monoisotopic (exact) mass is 400 g/mol. The Labute approximate surface area is 173 Å². The van der Waals surface area contributed by atoms with E-state index in [9.17, 15) is 9.59 Å². The zero-order valence-corrected chi connectivity index (χ0v) is 17.8. The van der Waals surface area contributed by atoms with Gasteiger partial charge in [-0.3, -0.25) is 10.1 Å². The average molecular weight is 401 g/mol. The molecule has 0 aromatic heterocycles. The molecule has 4 fully saturated rings. The van der Waals surface area contributed by atoms with Crippen molar-refractivity contribution in [3.8, 4) is 5.75 Å². The van der Waals surface area contributed by atoms with E-state index in [0.29, 0.717) is 6.54 Å². The van der Waals surface area contributed by atoms with Crippen molar-refractivity contribution in [1.82, 2.24) is 10.6 Å². The highest BCUT2D eigenvalue weighted by Crippen LogP contribution is 2.55. The number of hydrogen-bond acceptors (Lipinski definition) is 3. The molecule has 0 heterocycles. The molecule has 0 aliphatic heterocycles. The smallest absolute Gasteiger partial charge is 0.322 e. The zero-order valence-electron chi connectivity index (χ0n) is 17.8. The zero-order chi connectivity index (χ0) is 20.6. The molecular formula is C23H34N3O3+. The molecule has 4 aliphatic rings. The van der Waals surface area contributed by atoms with Crippen LogP contribution in [0.5, 0.6) is 5.75 Å². The van der Waals surface area contributed by atoms with E-state index in [-0.39, 0.29) is 23.5 Å². The fraction of sp³-hybridized carbons (Fsp3) is 0.652. The van der Waals surface area contributed by atoms with Gasteiger partial charge in [-0.05, 0) is 87.5 Å². The lowest BCUT2D eigenvalue weighted by molar-refractivity contribution is -0.908. The number of quaternary nitrogens is 1. The molecule has 158 valence electrons. The Morgan fingerprint density at radius 3 is 2.17 bits per heavy atom. The maximum atomic E-state index is 12.7. The first-order chi connectivity index (χ1) is 13.9. The van der Waals surface area contributed by atoms with E-state index in [4.69, 9.17) is 4.74 Å². The summed E-state index contributed by atoms with van der Waals surface area (Å²) >= 11 is 0. The molecule has 1 aromatic rings. The normalized spacial score (nSPS) is 31.8. The Morgan fingerprint density at radius 2 is 1.66 bits per heavy atom. The molecule has 5 rings (SSSR count). The van der Waals surface area contributed by atoms with Crippen LogP contribution in [0.4, 0.5) is 4.79 Å². The molecule has 3 N–H and O–H groups in total. The highest BCUT2D eigenvalue weighted by atomic mass is 16.5. The standard InChI is InChI=1S/C23H33N3O3/c1-15(26(2)14-16-4-6-20(29-3)7-5-16)21(27)24-22(28)25-23-11-17-8-18(12-23)10-19(9-17)13-23/h4-7,15,17-19H,8-14H2,1-3H3,(H2,24,25,27,28)/p+1/t15-,17?,18?,19?,23?/m0/s1. The van der Waals surface area contributed by atoms with Gasteiger partial charge in [0, 0.05) is 11.1 Å². The Morgan fingerprint density at radius 1 is 1.10 bits per heavy atom. The van der Waals surface area contributed by atoms with Crippen LogP contribution in [0, 0.1) is 17.8 Å². The van der Waals surface area contributed by atoms with Crippen LogP contribution in [-0.4, -0.2) is 37.7 Å². The molecule has 4 aliphatic carbocycles. The maximum Gasteiger partial charge on any atom is 0.322 e. The fourth-order valence-corrected chi connectivity index (χ4v) is 6.20. The van der Waals surface area contributed by atoms with Gasteiger partial charge in [0.05, 0.1) is 14.2 Å². The summed E-state index contributed by atoms with van der Waals surface area (Å²) in [4.78, 5) is 26.3. The number of rotatable bonds is 6. The number of carbonyl (C=O) groups is 2. The highest BCUT2D eigenvalue weighted by Gasteiger charge is 2.51. The molecule has 6 nitrogen and oxygen atoms in total. The Balaban J connectivity index is 1.29. The third-order valence-electron chi connectivity index (χ3n) is 7.43. The minimum atomic E-state index is -0.320. The summed E-state index contributed by atoms with van der Waals surface area (Å²) in [7, 11) is 3.62. The molecule has 2 atom stereocenters. The number of amides is 3. The second-order valence-corrected chi connectivity index (χ2v) is 9.73. The van der Waals surface area contributed by atoms with Gasteiger partial charge < -0.3 is 15.0 Å². The van der Waals surface area contributed by atoms with Crippen LogP contribution in [0.3, 0.4) is 0 Å². The highest BCUT2D eigenvalue weighted by molar-refractivity contribution is 5.96. The van der Waals surface area contributed by atoms with Gasteiger partial charge in [-0.25, -0.2) is 4.79 Å². The lowest BCUT2D eigenvalue weighted by Gasteiger charge is -2.56. The number of carbonyl (C=O) groups excluding carboxylic acids is 2. The van der Waals surface area contributed by atoms with Crippen LogP contribution < -0.4 is 20.3 Å². The molecule has 0 spiro atoms. The molecular weight excluding hydrogens is 366 g/mol. The summed E-state index contributed by atoms with van der Waals surface area (Å²) < 4.78 is 5.19. The number of likely N-dealkylation sites (N-methyl/N-ethyl adjacent to an activating group) is 1. The lowest BCUT2D eigenvalue weighted by atomic mass is 9.53. The average Bonchev–Trinajstić information content (AvgIpc) is 2.66. The van der Waals surface area contributed by atoms with E-state index in [1.807, 2.05) is 38.2 Å². The SMILES string of the molecule is COc1ccc(C[NH+](C)[C@@H](C)C(=O)NC(=O)NC23CC4CC(CC(C4)C2)C3)cc1. The van der Waals surface area contributed by atoms with Crippen LogP contribution in [0.1, 0.15) is 51.0 Å². The first-order valence-electron chi connectivity index (χ1n) is 10.9. The van der Waals surface area contributed by atoms with Crippen molar-refractivity contribution in [2.24, 2.45) is 17.8 Å². The van der Waals surface area contributed by atoms with E-state index in [1.54, 1.807) is 7.11 Å². The number of methoxy groups -OCH3 is 1. The van der Waals surface area contributed by atoms with Crippen molar-refractivity contribution in [3.05, 3.63) is 29.8 Å². The topological polar surface area (TPSA) is 71.9 Å². The first kappa shape index (κ1) is 20.2. The number of nitrogens with one attached hydrogen (secondary N) is 3. The van der Waals surface area contributed by atoms with Crippen molar-refractivity contribution in [2.45, 2.75) is 63.6 Å². The van der Waals surface area contributed by atoms with Gasteiger partial charge in [0.1, 0.15) is 12.3 Å².